The van der Waals surface area contributed by atoms with Gasteiger partial charge in [0.15, 0.2) is 0 Å². The van der Waals surface area contributed by atoms with Crippen LogP contribution in [0.4, 0.5) is 17.1 Å². The molecule has 0 saturated heterocycles. The van der Waals surface area contributed by atoms with Crippen molar-refractivity contribution in [3.63, 3.8) is 0 Å². The minimum atomic E-state index is 0.0893. The lowest BCUT2D eigenvalue weighted by atomic mass is 10.00. The highest BCUT2D eigenvalue weighted by Crippen LogP contribution is 2.46. The molecule has 0 aromatic heterocycles. The molecule has 2 fully saturated rings. The predicted octanol–water partition coefficient (Wildman–Crippen LogP) is 2.75. The average molecular weight is 271 g/mol. The molecule has 1 amide bonds. The largest absolute Gasteiger partial charge is 0.397 e. The number of carbonyl (C=O) groups excluding carboxylic acids is 1. The van der Waals surface area contributed by atoms with Crippen LogP contribution in [0.1, 0.15) is 37.7 Å². The number of nitrogens with one attached hydrogen (secondary N) is 2. The highest BCUT2D eigenvalue weighted by atomic mass is 16.1. The maximum atomic E-state index is 11.4. The number of amides is 1. The minimum absolute atomic E-state index is 0.0893. The monoisotopic (exact) mass is 271 g/mol. The second kappa shape index (κ2) is 4.40. The number of fused-ring (bicyclic) bond motifs is 1. The van der Waals surface area contributed by atoms with Crippen molar-refractivity contribution >= 4 is 23.0 Å². The third-order valence-electron chi connectivity index (χ3n) is 4.75. The molecule has 2 aliphatic carbocycles. The molecular weight excluding hydrogens is 250 g/mol. The second-order valence-corrected chi connectivity index (χ2v) is 6.49. The predicted molar refractivity (Wildman–Crippen MR) is 80.7 cm³/mol. The van der Waals surface area contributed by atoms with E-state index in [9.17, 15) is 4.79 Å². The van der Waals surface area contributed by atoms with Crippen LogP contribution in [0.5, 0.6) is 0 Å². The first-order valence-electron chi connectivity index (χ1n) is 7.69. The Morgan fingerprint density at radius 3 is 2.50 bits per heavy atom. The molecule has 3 aliphatic rings. The van der Waals surface area contributed by atoms with Gasteiger partial charge >= 0.3 is 0 Å². The first kappa shape index (κ1) is 12.1. The van der Waals surface area contributed by atoms with Gasteiger partial charge in [0, 0.05) is 18.2 Å². The van der Waals surface area contributed by atoms with Gasteiger partial charge < -0.3 is 16.4 Å². The van der Waals surface area contributed by atoms with Gasteiger partial charge in [-0.3, -0.25) is 4.79 Å². The van der Waals surface area contributed by atoms with Crippen molar-refractivity contribution in [3.8, 4) is 0 Å². The minimum Gasteiger partial charge on any atom is -0.397 e. The third kappa shape index (κ3) is 2.23. The summed E-state index contributed by atoms with van der Waals surface area (Å²) < 4.78 is 0. The van der Waals surface area contributed by atoms with Crippen molar-refractivity contribution in [1.29, 1.82) is 0 Å². The summed E-state index contributed by atoms with van der Waals surface area (Å²) in [7, 11) is 0. The lowest BCUT2D eigenvalue weighted by molar-refractivity contribution is -0.116. The zero-order valence-corrected chi connectivity index (χ0v) is 11.6. The standard InChI is InChI=1S/C16H21N3O/c17-12-8-13-11(5-6-15(20)18-13)7-14(12)19-16(9-1-2-9)10-3-4-10/h7-10,16,19H,1-6,17H2,(H,18,20). The van der Waals surface area contributed by atoms with E-state index in [-0.39, 0.29) is 5.91 Å². The van der Waals surface area contributed by atoms with Crippen LogP contribution >= 0.6 is 0 Å². The number of aryl methyl sites for hydroxylation is 1. The molecular formula is C16H21N3O. The Labute approximate surface area is 119 Å². The number of anilines is 3. The van der Waals surface area contributed by atoms with Crippen LogP contribution in [0, 0.1) is 11.8 Å². The van der Waals surface area contributed by atoms with E-state index in [1.54, 1.807) is 0 Å². The van der Waals surface area contributed by atoms with Crippen LogP contribution < -0.4 is 16.4 Å². The van der Waals surface area contributed by atoms with Gasteiger partial charge in [-0.15, -0.1) is 0 Å². The van der Waals surface area contributed by atoms with Gasteiger partial charge in [0.25, 0.3) is 0 Å². The Balaban J connectivity index is 1.59. The van der Waals surface area contributed by atoms with Crippen molar-refractivity contribution in [2.75, 3.05) is 16.4 Å². The molecule has 1 aromatic rings. The van der Waals surface area contributed by atoms with Crippen molar-refractivity contribution in [1.82, 2.24) is 0 Å². The van der Waals surface area contributed by atoms with Crippen LogP contribution in [0.15, 0.2) is 12.1 Å². The van der Waals surface area contributed by atoms with Gasteiger partial charge in [0.2, 0.25) is 5.91 Å². The molecule has 0 bridgehead atoms. The van der Waals surface area contributed by atoms with Gasteiger partial charge in [-0.05, 0) is 61.6 Å². The average Bonchev–Trinajstić information content (AvgIpc) is 3.28. The molecule has 4 N–H and O–H groups in total. The number of hydrogen-bond acceptors (Lipinski definition) is 3. The molecule has 106 valence electrons. The summed E-state index contributed by atoms with van der Waals surface area (Å²) in [5.41, 5.74) is 10.1. The molecule has 0 unspecified atom stereocenters. The van der Waals surface area contributed by atoms with Gasteiger partial charge in [-0.2, -0.15) is 0 Å². The van der Waals surface area contributed by atoms with Crippen molar-refractivity contribution in [3.05, 3.63) is 17.7 Å². The number of nitrogens with two attached hydrogens (primary N) is 1. The molecule has 0 atom stereocenters. The maximum Gasteiger partial charge on any atom is 0.224 e. The zero-order valence-electron chi connectivity index (χ0n) is 11.6. The molecule has 0 radical (unpaired) electrons. The van der Waals surface area contributed by atoms with Crippen LogP contribution in [0.3, 0.4) is 0 Å². The number of hydrogen-bond donors (Lipinski definition) is 3. The molecule has 2 saturated carbocycles. The topological polar surface area (TPSA) is 67.1 Å². The maximum absolute atomic E-state index is 11.4. The molecule has 4 heteroatoms. The van der Waals surface area contributed by atoms with Crippen molar-refractivity contribution < 1.29 is 4.79 Å². The fourth-order valence-corrected chi connectivity index (χ4v) is 3.28. The van der Waals surface area contributed by atoms with Crippen LogP contribution in [-0.2, 0) is 11.2 Å². The fraction of sp³-hybridized carbons (Fsp3) is 0.562. The van der Waals surface area contributed by atoms with E-state index >= 15 is 0 Å². The third-order valence-corrected chi connectivity index (χ3v) is 4.75. The molecule has 4 rings (SSSR count). The highest BCUT2D eigenvalue weighted by molar-refractivity contribution is 5.95. The quantitative estimate of drug-likeness (QED) is 0.738. The molecule has 1 aromatic carbocycles. The number of benzene rings is 1. The smallest absolute Gasteiger partial charge is 0.224 e. The van der Waals surface area contributed by atoms with E-state index < -0.39 is 0 Å². The van der Waals surface area contributed by atoms with E-state index in [4.69, 9.17) is 5.73 Å². The second-order valence-electron chi connectivity index (χ2n) is 6.49. The Kier molecular flexibility index (Phi) is 2.65. The van der Waals surface area contributed by atoms with Gasteiger partial charge in [-0.1, -0.05) is 0 Å². The van der Waals surface area contributed by atoms with E-state index in [1.807, 2.05) is 6.07 Å². The lowest BCUT2D eigenvalue weighted by Crippen LogP contribution is -2.25. The number of carbonyl (C=O) groups is 1. The Hall–Kier alpha value is -1.71. The van der Waals surface area contributed by atoms with Gasteiger partial charge in [0.1, 0.15) is 0 Å². The summed E-state index contributed by atoms with van der Waals surface area (Å²) in [5.74, 6) is 1.78. The van der Waals surface area contributed by atoms with E-state index in [2.05, 4.69) is 16.7 Å². The van der Waals surface area contributed by atoms with E-state index in [0.29, 0.717) is 12.5 Å². The Morgan fingerprint density at radius 2 is 1.85 bits per heavy atom. The number of nitrogen functional groups attached to an aromatic ring is 1. The van der Waals surface area contributed by atoms with Gasteiger partial charge in [-0.25, -0.2) is 0 Å². The Bertz CT molecular complexity index is 549. The van der Waals surface area contributed by atoms with Crippen LogP contribution in [0.2, 0.25) is 0 Å². The molecule has 4 nitrogen and oxygen atoms in total. The molecule has 0 spiro atoms. The zero-order chi connectivity index (χ0) is 13.7. The van der Waals surface area contributed by atoms with Gasteiger partial charge in [0.05, 0.1) is 11.4 Å². The SMILES string of the molecule is Nc1cc2c(cc1NC(C1CC1)C1CC1)CCC(=O)N2. The summed E-state index contributed by atoms with van der Waals surface area (Å²) in [4.78, 5) is 11.4. The summed E-state index contributed by atoms with van der Waals surface area (Å²) in [6, 6.07) is 4.65. The normalized spacial score (nSPS) is 21.6. The molecule has 20 heavy (non-hydrogen) atoms. The van der Waals surface area contributed by atoms with Crippen LogP contribution in [0.25, 0.3) is 0 Å². The summed E-state index contributed by atoms with van der Waals surface area (Å²) >= 11 is 0. The first-order chi connectivity index (χ1) is 9.70. The molecule has 1 heterocycles. The summed E-state index contributed by atoms with van der Waals surface area (Å²) in [5, 5.41) is 6.60. The summed E-state index contributed by atoms with van der Waals surface area (Å²) in [6.45, 7) is 0. The summed E-state index contributed by atoms with van der Waals surface area (Å²) in [6.07, 6.45) is 6.81. The fourth-order valence-electron chi connectivity index (χ4n) is 3.28. The highest BCUT2D eigenvalue weighted by Gasteiger charge is 2.41. The van der Waals surface area contributed by atoms with Crippen LogP contribution in [-0.4, -0.2) is 11.9 Å². The lowest BCUT2D eigenvalue weighted by Gasteiger charge is -2.24. The van der Waals surface area contributed by atoms with Crippen molar-refractivity contribution in [2.24, 2.45) is 11.8 Å². The van der Waals surface area contributed by atoms with E-state index in [0.717, 1.165) is 35.3 Å². The van der Waals surface area contributed by atoms with Crippen molar-refractivity contribution in [2.45, 2.75) is 44.6 Å². The molecule has 1 aliphatic heterocycles. The number of rotatable bonds is 4. The first-order valence-corrected chi connectivity index (χ1v) is 7.69. The van der Waals surface area contributed by atoms with E-state index in [1.165, 1.54) is 31.2 Å². The Morgan fingerprint density at radius 1 is 1.15 bits per heavy atom.